The van der Waals surface area contributed by atoms with Crippen molar-refractivity contribution in [2.24, 2.45) is 0 Å². The van der Waals surface area contributed by atoms with Gasteiger partial charge in [-0.05, 0) is 109 Å². The Morgan fingerprint density at radius 3 is 1.61 bits per heavy atom. The lowest BCUT2D eigenvalue weighted by atomic mass is 9.78. The summed E-state index contributed by atoms with van der Waals surface area (Å²) in [7, 11) is 0. The summed E-state index contributed by atoms with van der Waals surface area (Å²) in [6.45, 7) is 23.7. The molecule has 0 aliphatic carbocycles. The fourth-order valence-electron chi connectivity index (χ4n) is 11.0. The standard InChI is InChI=1S/C70H68N4O/c1-67(2,3)55-37-50(48-25-15-11-16-26-48)38-56(41-55)72-46-64(70(9,10)53-31-21-14-22-32-53)73(47-72)57-39-51(49-27-17-12-18-28-49)40-58(43-57)75-59-44-61(68(4,5)6)66-60-33-23-24-34-62(60)74(63(66)45-59)65-42-54(35-36-71-65)69(7,8)52-29-19-13-20-30-52/h11-46H,47H2,1-10H3. The van der Waals surface area contributed by atoms with Gasteiger partial charge in [-0.25, -0.2) is 4.98 Å². The predicted molar refractivity (Wildman–Crippen MR) is 316 cm³/mol. The normalized spacial score (nSPS) is 13.4. The highest BCUT2D eigenvalue weighted by Gasteiger charge is 2.37. The summed E-state index contributed by atoms with van der Waals surface area (Å²) in [4.78, 5) is 10.0. The van der Waals surface area contributed by atoms with Crippen molar-refractivity contribution in [2.45, 2.75) is 90.9 Å². The molecular weight excluding hydrogens is 913 g/mol. The van der Waals surface area contributed by atoms with Crippen molar-refractivity contribution >= 4 is 33.2 Å². The molecule has 0 saturated carbocycles. The number of benzene rings is 8. The Balaban J connectivity index is 1.07. The smallest absolute Gasteiger partial charge is 0.137 e. The summed E-state index contributed by atoms with van der Waals surface area (Å²) < 4.78 is 9.68. The number of allylic oxidation sites excluding steroid dienone is 1. The second-order valence-corrected chi connectivity index (χ2v) is 23.5. The molecule has 374 valence electrons. The number of nitrogens with zero attached hydrogens (tertiary/aromatic N) is 4. The van der Waals surface area contributed by atoms with Gasteiger partial charge in [0.15, 0.2) is 0 Å². The molecule has 5 nitrogen and oxygen atoms in total. The number of anilines is 2. The molecule has 0 atom stereocenters. The lowest BCUT2D eigenvalue weighted by Gasteiger charge is -2.34. The number of pyridine rings is 1. The molecule has 0 radical (unpaired) electrons. The van der Waals surface area contributed by atoms with Crippen LogP contribution in [0.15, 0.2) is 224 Å². The average Bonchev–Trinajstić information content (AvgIpc) is 4.03. The molecule has 11 rings (SSSR count). The SMILES string of the molecule is CC(C)(C)c1cc(-c2ccccc2)cc(N2C=C(C(C)(C)c3ccccc3)N(c3cc(Oc4cc(C(C)(C)C)c5c6ccccc6n(-c6cc(C(C)(C)c7ccccc7)ccn6)c5c4)cc(-c4ccccc4)c3)C2)c1. The third-order valence-electron chi connectivity index (χ3n) is 15.5. The number of aromatic nitrogens is 2. The Kier molecular flexibility index (Phi) is 12.4. The highest BCUT2D eigenvalue weighted by Crippen LogP contribution is 2.47. The van der Waals surface area contributed by atoms with Crippen molar-refractivity contribution in [3.63, 3.8) is 0 Å². The van der Waals surface area contributed by atoms with E-state index >= 15 is 0 Å². The van der Waals surface area contributed by atoms with E-state index in [4.69, 9.17) is 9.72 Å². The van der Waals surface area contributed by atoms with Crippen molar-refractivity contribution in [1.29, 1.82) is 0 Å². The topological polar surface area (TPSA) is 33.5 Å². The second kappa shape index (κ2) is 19.0. The number of rotatable bonds is 11. The maximum absolute atomic E-state index is 7.35. The van der Waals surface area contributed by atoms with E-state index < -0.39 is 0 Å². The van der Waals surface area contributed by atoms with Crippen molar-refractivity contribution in [1.82, 2.24) is 9.55 Å². The number of hydrogen-bond donors (Lipinski definition) is 0. The number of fused-ring (bicyclic) bond motifs is 3. The summed E-state index contributed by atoms with van der Waals surface area (Å²) in [5.74, 6) is 2.40. The van der Waals surface area contributed by atoms with E-state index in [1.54, 1.807) is 0 Å². The zero-order chi connectivity index (χ0) is 52.3. The van der Waals surface area contributed by atoms with Crippen molar-refractivity contribution < 1.29 is 4.74 Å². The minimum Gasteiger partial charge on any atom is -0.457 e. The van der Waals surface area contributed by atoms with Crippen molar-refractivity contribution in [2.75, 3.05) is 16.5 Å². The maximum atomic E-state index is 7.35. The number of hydrogen-bond acceptors (Lipinski definition) is 4. The Hall–Kier alpha value is -8.15. The van der Waals surface area contributed by atoms with Crippen LogP contribution in [0, 0.1) is 0 Å². The number of para-hydroxylation sites is 1. The fourth-order valence-corrected chi connectivity index (χ4v) is 11.0. The van der Waals surface area contributed by atoms with Gasteiger partial charge in [0.1, 0.15) is 17.3 Å². The Morgan fingerprint density at radius 1 is 0.427 bits per heavy atom. The van der Waals surface area contributed by atoms with Crippen LogP contribution in [0.2, 0.25) is 0 Å². The minimum atomic E-state index is -0.370. The third-order valence-corrected chi connectivity index (χ3v) is 15.5. The lowest BCUT2D eigenvalue weighted by Crippen LogP contribution is -2.34. The molecule has 1 aliphatic rings. The van der Waals surface area contributed by atoms with Crippen LogP contribution < -0.4 is 14.5 Å². The quantitative estimate of drug-likeness (QED) is 0.129. The molecule has 2 aromatic heterocycles. The Morgan fingerprint density at radius 2 is 0.987 bits per heavy atom. The van der Waals surface area contributed by atoms with Gasteiger partial charge >= 0.3 is 0 Å². The van der Waals surface area contributed by atoms with Gasteiger partial charge in [0, 0.05) is 63.2 Å². The van der Waals surface area contributed by atoms with Gasteiger partial charge in [0.25, 0.3) is 0 Å². The predicted octanol–water partition coefficient (Wildman–Crippen LogP) is 18.3. The first-order valence-corrected chi connectivity index (χ1v) is 26.4. The number of ether oxygens (including phenoxy) is 1. The molecule has 75 heavy (non-hydrogen) atoms. The van der Waals surface area contributed by atoms with Crippen LogP contribution in [0.25, 0.3) is 49.9 Å². The molecule has 0 spiro atoms. The van der Waals surface area contributed by atoms with Crippen LogP contribution in [-0.2, 0) is 21.7 Å². The van der Waals surface area contributed by atoms with Crippen LogP contribution in [0.4, 0.5) is 11.4 Å². The average molecular weight is 981 g/mol. The van der Waals surface area contributed by atoms with Crippen LogP contribution in [-0.4, -0.2) is 16.2 Å². The summed E-state index contributed by atoms with van der Waals surface area (Å²) in [6.07, 6.45) is 4.34. The van der Waals surface area contributed by atoms with Gasteiger partial charge in [-0.1, -0.05) is 215 Å². The molecule has 3 heterocycles. The third kappa shape index (κ3) is 9.42. The first-order chi connectivity index (χ1) is 35.9. The monoisotopic (exact) mass is 981 g/mol. The van der Waals surface area contributed by atoms with E-state index in [0.717, 1.165) is 50.9 Å². The maximum Gasteiger partial charge on any atom is 0.137 e. The van der Waals surface area contributed by atoms with Crippen LogP contribution in [0.3, 0.4) is 0 Å². The lowest BCUT2D eigenvalue weighted by molar-refractivity contribution is 0.480. The summed E-state index contributed by atoms with van der Waals surface area (Å²) in [5, 5.41) is 2.40. The summed E-state index contributed by atoms with van der Waals surface area (Å²) in [5.41, 5.74) is 15.5. The van der Waals surface area contributed by atoms with Gasteiger partial charge < -0.3 is 14.5 Å². The van der Waals surface area contributed by atoms with Crippen molar-refractivity contribution in [3.05, 3.63) is 252 Å². The van der Waals surface area contributed by atoms with Gasteiger partial charge in [-0.15, -0.1) is 0 Å². The van der Waals surface area contributed by atoms with Gasteiger partial charge in [0.05, 0.1) is 17.7 Å². The minimum absolute atomic E-state index is 0.0604. The fraction of sp³-hybridized carbons (Fsp3) is 0.214. The van der Waals surface area contributed by atoms with E-state index in [9.17, 15) is 0 Å². The van der Waals surface area contributed by atoms with Crippen LogP contribution in [0.5, 0.6) is 11.5 Å². The molecule has 1 aliphatic heterocycles. The highest BCUT2D eigenvalue weighted by atomic mass is 16.5. The molecule has 0 bridgehead atoms. The van der Waals surface area contributed by atoms with E-state index in [2.05, 4.69) is 296 Å². The highest BCUT2D eigenvalue weighted by molar-refractivity contribution is 6.11. The Bertz CT molecular complexity index is 3730. The van der Waals surface area contributed by atoms with Gasteiger partial charge in [-0.2, -0.15) is 0 Å². The van der Waals surface area contributed by atoms with E-state index in [1.807, 2.05) is 6.20 Å². The first kappa shape index (κ1) is 49.1. The largest absolute Gasteiger partial charge is 0.457 e. The summed E-state index contributed by atoms with van der Waals surface area (Å²) in [6, 6.07) is 74.6. The molecule has 0 saturated heterocycles. The van der Waals surface area contributed by atoms with Crippen LogP contribution >= 0.6 is 0 Å². The molecule has 8 aromatic carbocycles. The zero-order valence-electron chi connectivity index (χ0n) is 45.2. The Labute approximate surface area is 444 Å². The molecule has 5 heteroatoms. The second-order valence-electron chi connectivity index (χ2n) is 23.5. The summed E-state index contributed by atoms with van der Waals surface area (Å²) >= 11 is 0. The van der Waals surface area contributed by atoms with Gasteiger partial charge in [0.2, 0.25) is 0 Å². The van der Waals surface area contributed by atoms with E-state index in [0.29, 0.717) is 6.67 Å². The van der Waals surface area contributed by atoms with Gasteiger partial charge in [-0.3, -0.25) is 4.57 Å². The van der Waals surface area contributed by atoms with E-state index in [-0.39, 0.29) is 21.7 Å². The first-order valence-electron chi connectivity index (χ1n) is 26.4. The molecule has 0 fully saturated rings. The molecule has 0 N–H and O–H groups in total. The van der Waals surface area contributed by atoms with Crippen molar-refractivity contribution in [3.8, 4) is 39.6 Å². The van der Waals surface area contributed by atoms with E-state index in [1.165, 1.54) is 55.4 Å². The zero-order valence-corrected chi connectivity index (χ0v) is 45.2. The molecule has 0 amide bonds. The van der Waals surface area contributed by atoms with Crippen LogP contribution in [0.1, 0.15) is 97.1 Å². The molecule has 10 aromatic rings. The molecule has 0 unspecified atom stereocenters. The molecular formula is C70H68N4O.